The highest BCUT2D eigenvalue weighted by Crippen LogP contribution is 2.21. The standard InChI is InChI=1S/C15H19FN4O/c1-3-4-20-9-11(8-18-20)14(15(17)21)19-13-6-10(2)5-12(16)7-13/h5-9,14,19H,3-4H2,1-2H3,(H2,17,21). The Morgan fingerprint density at radius 2 is 2.24 bits per heavy atom. The summed E-state index contributed by atoms with van der Waals surface area (Å²) in [4.78, 5) is 11.7. The highest BCUT2D eigenvalue weighted by atomic mass is 19.1. The molecule has 0 aliphatic heterocycles. The molecule has 0 fully saturated rings. The number of halogens is 1. The molecule has 1 unspecified atom stereocenters. The van der Waals surface area contributed by atoms with E-state index < -0.39 is 11.9 Å². The maximum atomic E-state index is 13.4. The van der Waals surface area contributed by atoms with Crippen LogP contribution in [0.1, 0.15) is 30.5 Å². The molecule has 0 aliphatic carbocycles. The molecule has 1 atom stereocenters. The van der Waals surface area contributed by atoms with Gasteiger partial charge in [0.25, 0.3) is 0 Å². The Hall–Kier alpha value is -2.37. The van der Waals surface area contributed by atoms with Crippen LogP contribution in [0.25, 0.3) is 0 Å². The number of nitrogens with two attached hydrogens (primary N) is 1. The van der Waals surface area contributed by atoms with E-state index in [9.17, 15) is 9.18 Å². The molecular formula is C15H19FN4O. The van der Waals surface area contributed by atoms with Crippen LogP contribution in [-0.2, 0) is 11.3 Å². The molecule has 0 bridgehead atoms. The zero-order chi connectivity index (χ0) is 15.4. The number of hydrogen-bond donors (Lipinski definition) is 2. The molecule has 0 saturated heterocycles. The van der Waals surface area contributed by atoms with E-state index in [4.69, 9.17) is 5.73 Å². The average Bonchev–Trinajstić information content (AvgIpc) is 2.83. The molecule has 1 heterocycles. The molecule has 5 nitrogen and oxygen atoms in total. The zero-order valence-electron chi connectivity index (χ0n) is 12.1. The summed E-state index contributed by atoms with van der Waals surface area (Å²) < 4.78 is 15.2. The minimum Gasteiger partial charge on any atom is -0.370 e. The van der Waals surface area contributed by atoms with Gasteiger partial charge in [-0.1, -0.05) is 6.92 Å². The van der Waals surface area contributed by atoms with E-state index in [-0.39, 0.29) is 5.82 Å². The summed E-state index contributed by atoms with van der Waals surface area (Å²) in [5.74, 6) is -0.893. The molecule has 6 heteroatoms. The summed E-state index contributed by atoms with van der Waals surface area (Å²) in [6.07, 6.45) is 4.32. The van der Waals surface area contributed by atoms with Crippen LogP contribution in [0.2, 0.25) is 0 Å². The van der Waals surface area contributed by atoms with Gasteiger partial charge in [-0.05, 0) is 37.1 Å². The molecule has 1 aromatic carbocycles. The van der Waals surface area contributed by atoms with E-state index in [0.29, 0.717) is 11.3 Å². The fourth-order valence-corrected chi connectivity index (χ4v) is 2.19. The van der Waals surface area contributed by atoms with Crippen LogP contribution < -0.4 is 11.1 Å². The largest absolute Gasteiger partial charge is 0.370 e. The van der Waals surface area contributed by atoms with Gasteiger partial charge in [-0.15, -0.1) is 0 Å². The van der Waals surface area contributed by atoms with Crippen molar-refractivity contribution in [3.8, 4) is 0 Å². The SMILES string of the molecule is CCCn1cc(C(Nc2cc(C)cc(F)c2)C(N)=O)cn1. The number of carbonyl (C=O) groups is 1. The second kappa shape index (κ2) is 6.39. The van der Waals surface area contributed by atoms with Crippen molar-refractivity contribution >= 4 is 11.6 Å². The maximum absolute atomic E-state index is 13.4. The van der Waals surface area contributed by atoms with Crippen molar-refractivity contribution in [2.24, 2.45) is 5.73 Å². The van der Waals surface area contributed by atoms with Crippen molar-refractivity contribution in [2.75, 3.05) is 5.32 Å². The van der Waals surface area contributed by atoms with Crippen molar-refractivity contribution in [3.63, 3.8) is 0 Å². The lowest BCUT2D eigenvalue weighted by Gasteiger charge is -2.15. The summed E-state index contributed by atoms with van der Waals surface area (Å²) in [7, 11) is 0. The van der Waals surface area contributed by atoms with Gasteiger partial charge >= 0.3 is 0 Å². The van der Waals surface area contributed by atoms with Gasteiger partial charge in [0.2, 0.25) is 5.91 Å². The molecule has 3 N–H and O–H groups in total. The molecule has 0 radical (unpaired) electrons. The average molecular weight is 290 g/mol. The number of nitrogens with zero attached hydrogens (tertiary/aromatic N) is 2. The first kappa shape index (κ1) is 15.0. The highest BCUT2D eigenvalue weighted by Gasteiger charge is 2.19. The topological polar surface area (TPSA) is 72.9 Å². The van der Waals surface area contributed by atoms with Gasteiger partial charge in [-0.3, -0.25) is 9.48 Å². The smallest absolute Gasteiger partial charge is 0.244 e. The first-order valence-electron chi connectivity index (χ1n) is 6.85. The zero-order valence-corrected chi connectivity index (χ0v) is 12.1. The van der Waals surface area contributed by atoms with Crippen molar-refractivity contribution in [1.29, 1.82) is 0 Å². The molecule has 2 rings (SSSR count). The molecule has 0 saturated carbocycles. The third kappa shape index (κ3) is 3.81. The molecule has 1 aromatic heterocycles. The predicted molar refractivity (Wildman–Crippen MR) is 79.2 cm³/mol. The second-order valence-electron chi connectivity index (χ2n) is 5.03. The summed E-state index contributed by atoms with van der Waals surface area (Å²) >= 11 is 0. The fourth-order valence-electron chi connectivity index (χ4n) is 2.19. The number of rotatable bonds is 6. The van der Waals surface area contributed by atoms with Crippen LogP contribution in [0.4, 0.5) is 10.1 Å². The molecule has 0 aliphatic rings. The van der Waals surface area contributed by atoms with Gasteiger partial charge in [0.15, 0.2) is 0 Å². The van der Waals surface area contributed by atoms with E-state index in [1.54, 1.807) is 30.1 Å². The number of hydrogen-bond acceptors (Lipinski definition) is 3. The number of aryl methyl sites for hydroxylation is 2. The van der Waals surface area contributed by atoms with Gasteiger partial charge in [0, 0.05) is 24.0 Å². The lowest BCUT2D eigenvalue weighted by molar-refractivity contribution is -0.118. The number of benzene rings is 1. The quantitative estimate of drug-likeness (QED) is 0.858. The molecule has 21 heavy (non-hydrogen) atoms. The van der Waals surface area contributed by atoms with Crippen molar-refractivity contribution in [1.82, 2.24) is 9.78 Å². The highest BCUT2D eigenvalue weighted by molar-refractivity contribution is 5.84. The molecule has 1 amide bonds. The monoisotopic (exact) mass is 290 g/mol. The van der Waals surface area contributed by atoms with E-state index in [1.807, 2.05) is 6.92 Å². The Morgan fingerprint density at radius 1 is 1.48 bits per heavy atom. The summed E-state index contributed by atoms with van der Waals surface area (Å²) in [6, 6.07) is 3.77. The van der Waals surface area contributed by atoms with Crippen LogP contribution in [0.3, 0.4) is 0 Å². The number of primary amides is 1. The lowest BCUT2D eigenvalue weighted by atomic mass is 10.1. The van der Waals surface area contributed by atoms with Crippen molar-refractivity contribution < 1.29 is 9.18 Å². The first-order chi connectivity index (χ1) is 9.99. The Balaban J connectivity index is 2.24. The molecule has 0 spiro atoms. The number of anilines is 1. The molecular weight excluding hydrogens is 271 g/mol. The summed E-state index contributed by atoms with van der Waals surface area (Å²) in [5, 5.41) is 7.14. The predicted octanol–water partition coefficient (Wildman–Crippen LogP) is 2.38. The normalized spacial score (nSPS) is 12.1. The number of nitrogens with one attached hydrogen (secondary N) is 1. The number of carbonyl (C=O) groups excluding carboxylic acids is 1. The Bertz CT molecular complexity index is 618. The van der Waals surface area contributed by atoms with Crippen LogP contribution >= 0.6 is 0 Å². The maximum Gasteiger partial charge on any atom is 0.244 e. The number of aromatic nitrogens is 2. The lowest BCUT2D eigenvalue weighted by Crippen LogP contribution is -2.27. The van der Waals surface area contributed by atoms with Gasteiger partial charge in [-0.25, -0.2) is 4.39 Å². The van der Waals surface area contributed by atoms with Gasteiger partial charge in [0.05, 0.1) is 6.20 Å². The van der Waals surface area contributed by atoms with E-state index in [0.717, 1.165) is 18.5 Å². The van der Waals surface area contributed by atoms with Crippen LogP contribution in [0.15, 0.2) is 30.6 Å². The fraction of sp³-hybridized carbons (Fsp3) is 0.333. The minimum absolute atomic E-state index is 0.359. The third-order valence-electron chi connectivity index (χ3n) is 3.08. The molecule has 2 aromatic rings. The van der Waals surface area contributed by atoms with Crippen LogP contribution in [0.5, 0.6) is 0 Å². The van der Waals surface area contributed by atoms with Crippen molar-refractivity contribution in [2.45, 2.75) is 32.9 Å². The van der Waals surface area contributed by atoms with Crippen LogP contribution in [-0.4, -0.2) is 15.7 Å². The summed E-state index contributed by atoms with van der Waals surface area (Å²) in [6.45, 7) is 4.60. The Morgan fingerprint density at radius 3 is 2.86 bits per heavy atom. The first-order valence-corrected chi connectivity index (χ1v) is 6.85. The van der Waals surface area contributed by atoms with Crippen molar-refractivity contribution in [3.05, 3.63) is 47.5 Å². The second-order valence-corrected chi connectivity index (χ2v) is 5.03. The van der Waals surface area contributed by atoms with E-state index in [1.165, 1.54) is 12.1 Å². The van der Waals surface area contributed by atoms with E-state index >= 15 is 0 Å². The molecule has 112 valence electrons. The Kier molecular flexibility index (Phi) is 4.57. The van der Waals surface area contributed by atoms with Gasteiger partial charge < -0.3 is 11.1 Å². The number of amides is 1. The van der Waals surface area contributed by atoms with Gasteiger partial charge in [0.1, 0.15) is 11.9 Å². The van der Waals surface area contributed by atoms with E-state index in [2.05, 4.69) is 10.4 Å². The summed E-state index contributed by atoms with van der Waals surface area (Å²) in [5.41, 5.74) is 7.39. The van der Waals surface area contributed by atoms with Gasteiger partial charge in [-0.2, -0.15) is 5.10 Å². The third-order valence-corrected chi connectivity index (χ3v) is 3.08. The van der Waals surface area contributed by atoms with Crippen LogP contribution in [0, 0.1) is 12.7 Å². The minimum atomic E-state index is -0.739. The Labute approximate surface area is 123 Å².